The van der Waals surface area contributed by atoms with Crippen molar-refractivity contribution in [2.45, 2.75) is 19.4 Å². The number of nitrogens with zero attached hydrogens (tertiary/aromatic N) is 3. The lowest BCUT2D eigenvalue weighted by Gasteiger charge is -2.28. The molecule has 1 aromatic carbocycles. The Morgan fingerprint density at radius 3 is 2.90 bits per heavy atom. The number of primary amides is 1. The topological polar surface area (TPSA) is 102 Å². The van der Waals surface area contributed by atoms with E-state index in [2.05, 4.69) is 10.1 Å². The Balaban J connectivity index is 1.89. The fourth-order valence-electron chi connectivity index (χ4n) is 2.22. The van der Waals surface area contributed by atoms with Gasteiger partial charge in [0, 0.05) is 12.1 Å². The van der Waals surface area contributed by atoms with E-state index in [1.165, 1.54) is 0 Å². The molecule has 1 aromatic heterocycles. The third-order valence-electron chi connectivity index (χ3n) is 3.17. The number of carbonyl (C=O) groups excluding carboxylic acids is 2. The number of para-hydroxylation sites is 1. The predicted molar refractivity (Wildman–Crippen MR) is 68.8 cm³/mol. The smallest absolute Gasteiger partial charge is 0.290 e. The van der Waals surface area contributed by atoms with E-state index < -0.39 is 5.91 Å². The SMILES string of the molecule is NC(=O)c1noc(CN2C(=O)CCc3ccccc32)n1. The molecule has 0 aliphatic carbocycles. The number of carbonyl (C=O) groups is 2. The highest BCUT2D eigenvalue weighted by atomic mass is 16.5. The Hall–Kier alpha value is -2.70. The first kappa shape index (κ1) is 12.3. The molecule has 0 spiro atoms. The third-order valence-corrected chi connectivity index (χ3v) is 3.17. The van der Waals surface area contributed by atoms with E-state index in [-0.39, 0.29) is 24.2 Å². The van der Waals surface area contributed by atoms with Gasteiger partial charge in [-0.25, -0.2) is 0 Å². The highest BCUT2D eigenvalue weighted by Crippen LogP contribution is 2.28. The third kappa shape index (κ3) is 2.13. The molecule has 0 saturated heterocycles. The van der Waals surface area contributed by atoms with Crippen LogP contribution in [-0.4, -0.2) is 22.0 Å². The van der Waals surface area contributed by atoms with Crippen LogP contribution < -0.4 is 10.6 Å². The Bertz CT molecular complexity index is 680. The molecule has 2 aromatic rings. The van der Waals surface area contributed by atoms with Crippen molar-refractivity contribution in [1.29, 1.82) is 0 Å². The minimum absolute atomic E-state index is 0.0116. The number of benzene rings is 1. The average molecular weight is 272 g/mol. The van der Waals surface area contributed by atoms with Gasteiger partial charge in [-0.05, 0) is 18.1 Å². The van der Waals surface area contributed by atoms with Crippen LogP contribution in [0.5, 0.6) is 0 Å². The van der Waals surface area contributed by atoms with Gasteiger partial charge in [-0.3, -0.25) is 9.59 Å². The highest BCUT2D eigenvalue weighted by molar-refractivity contribution is 5.96. The van der Waals surface area contributed by atoms with Crippen LogP contribution in [-0.2, 0) is 17.8 Å². The molecular weight excluding hydrogens is 260 g/mol. The van der Waals surface area contributed by atoms with Gasteiger partial charge in [0.25, 0.3) is 11.7 Å². The van der Waals surface area contributed by atoms with Gasteiger partial charge in [0.1, 0.15) is 6.54 Å². The van der Waals surface area contributed by atoms with Crippen molar-refractivity contribution in [1.82, 2.24) is 10.1 Å². The fourth-order valence-corrected chi connectivity index (χ4v) is 2.22. The molecule has 2 heterocycles. The summed E-state index contributed by atoms with van der Waals surface area (Å²) in [7, 11) is 0. The first-order valence-corrected chi connectivity index (χ1v) is 6.16. The Kier molecular flexibility index (Phi) is 2.94. The zero-order chi connectivity index (χ0) is 14.1. The monoisotopic (exact) mass is 272 g/mol. The molecule has 3 rings (SSSR count). The van der Waals surface area contributed by atoms with E-state index in [1.807, 2.05) is 24.3 Å². The first-order chi connectivity index (χ1) is 9.65. The highest BCUT2D eigenvalue weighted by Gasteiger charge is 2.25. The van der Waals surface area contributed by atoms with Crippen LogP contribution in [0, 0.1) is 0 Å². The summed E-state index contributed by atoms with van der Waals surface area (Å²) in [5.74, 6) is -0.769. The second kappa shape index (κ2) is 4.76. The predicted octanol–water partition coefficient (Wildman–Crippen LogP) is 0.648. The van der Waals surface area contributed by atoms with Crippen molar-refractivity contribution in [2.24, 2.45) is 5.73 Å². The van der Waals surface area contributed by atoms with Gasteiger partial charge in [0.15, 0.2) is 0 Å². The lowest BCUT2D eigenvalue weighted by atomic mass is 10.0. The lowest BCUT2D eigenvalue weighted by Crippen LogP contribution is -2.34. The summed E-state index contributed by atoms with van der Waals surface area (Å²) in [6.07, 6.45) is 1.16. The zero-order valence-corrected chi connectivity index (χ0v) is 10.6. The molecule has 0 saturated carbocycles. The molecule has 7 heteroatoms. The summed E-state index contributed by atoms with van der Waals surface area (Å²) < 4.78 is 4.94. The normalized spacial score (nSPS) is 14.2. The van der Waals surface area contributed by atoms with Crippen LogP contribution in [0.25, 0.3) is 0 Å². The number of aromatic nitrogens is 2. The van der Waals surface area contributed by atoms with Crippen molar-refractivity contribution in [2.75, 3.05) is 4.90 Å². The second-order valence-corrected chi connectivity index (χ2v) is 4.48. The molecular formula is C13H12N4O3. The molecule has 0 atom stereocenters. The van der Waals surface area contributed by atoms with Crippen molar-refractivity contribution in [3.63, 3.8) is 0 Å². The second-order valence-electron chi connectivity index (χ2n) is 4.48. The molecule has 0 radical (unpaired) electrons. The molecule has 0 fully saturated rings. The Morgan fingerprint density at radius 2 is 2.15 bits per heavy atom. The van der Waals surface area contributed by atoms with Crippen molar-refractivity contribution < 1.29 is 14.1 Å². The van der Waals surface area contributed by atoms with Crippen molar-refractivity contribution in [3.8, 4) is 0 Å². The Morgan fingerprint density at radius 1 is 1.35 bits per heavy atom. The van der Waals surface area contributed by atoms with Crippen LogP contribution in [0.2, 0.25) is 0 Å². The quantitative estimate of drug-likeness (QED) is 0.883. The molecule has 7 nitrogen and oxygen atoms in total. The van der Waals surface area contributed by atoms with E-state index in [0.29, 0.717) is 6.42 Å². The number of rotatable bonds is 3. The van der Waals surface area contributed by atoms with E-state index in [0.717, 1.165) is 17.7 Å². The number of anilines is 1. The molecule has 1 aliphatic rings. The van der Waals surface area contributed by atoms with E-state index in [4.69, 9.17) is 10.3 Å². The number of amides is 2. The van der Waals surface area contributed by atoms with Gasteiger partial charge >= 0.3 is 0 Å². The van der Waals surface area contributed by atoms with Crippen molar-refractivity contribution in [3.05, 3.63) is 41.5 Å². The van der Waals surface area contributed by atoms with Crippen LogP contribution in [0.4, 0.5) is 5.69 Å². The van der Waals surface area contributed by atoms with E-state index in [9.17, 15) is 9.59 Å². The summed E-state index contributed by atoms with van der Waals surface area (Å²) in [5.41, 5.74) is 6.99. The minimum Gasteiger partial charge on any atom is -0.363 e. The molecule has 2 amide bonds. The van der Waals surface area contributed by atoms with Gasteiger partial charge in [0.05, 0.1) is 0 Å². The number of hydrogen-bond donors (Lipinski definition) is 1. The first-order valence-electron chi connectivity index (χ1n) is 6.16. The van der Waals surface area contributed by atoms with Gasteiger partial charge < -0.3 is 15.2 Å². The van der Waals surface area contributed by atoms with Crippen LogP contribution in [0.3, 0.4) is 0 Å². The summed E-state index contributed by atoms with van der Waals surface area (Å²) in [5, 5.41) is 3.46. The average Bonchev–Trinajstić information content (AvgIpc) is 2.91. The van der Waals surface area contributed by atoms with Gasteiger partial charge in [-0.1, -0.05) is 23.4 Å². The van der Waals surface area contributed by atoms with E-state index >= 15 is 0 Å². The van der Waals surface area contributed by atoms with Crippen LogP contribution in [0.15, 0.2) is 28.8 Å². The minimum atomic E-state index is -0.759. The summed E-state index contributed by atoms with van der Waals surface area (Å²) in [6, 6.07) is 7.66. The summed E-state index contributed by atoms with van der Waals surface area (Å²) in [6.45, 7) is 0.135. The van der Waals surface area contributed by atoms with Gasteiger partial charge in [-0.15, -0.1) is 0 Å². The molecule has 0 bridgehead atoms. The molecule has 20 heavy (non-hydrogen) atoms. The summed E-state index contributed by atoms with van der Waals surface area (Å²) in [4.78, 5) is 28.4. The maximum Gasteiger partial charge on any atom is 0.290 e. The lowest BCUT2D eigenvalue weighted by molar-refractivity contribution is -0.119. The Labute approximate surface area is 114 Å². The maximum absolute atomic E-state index is 12.0. The number of nitrogens with two attached hydrogens (primary N) is 1. The number of hydrogen-bond acceptors (Lipinski definition) is 5. The molecule has 102 valence electrons. The molecule has 2 N–H and O–H groups in total. The van der Waals surface area contributed by atoms with Gasteiger partial charge in [0.2, 0.25) is 11.8 Å². The number of aryl methyl sites for hydroxylation is 1. The summed E-state index contributed by atoms with van der Waals surface area (Å²) >= 11 is 0. The standard InChI is InChI=1S/C13H12N4O3/c14-12(19)13-15-10(20-16-13)7-17-9-4-2-1-3-8(9)5-6-11(17)18/h1-4H,5-7H2,(H2,14,19). The fraction of sp³-hybridized carbons (Fsp3) is 0.231. The van der Waals surface area contributed by atoms with Crippen LogP contribution in [0.1, 0.15) is 28.5 Å². The van der Waals surface area contributed by atoms with E-state index in [1.54, 1.807) is 4.90 Å². The van der Waals surface area contributed by atoms with Gasteiger partial charge in [-0.2, -0.15) is 4.98 Å². The van der Waals surface area contributed by atoms with Crippen LogP contribution >= 0.6 is 0 Å². The van der Waals surface area contributed by atoms with Crippen molar-refractivity contribution >= 4 is 17.5 Å². The molecule has 0 unspecified atom stereocenters. The largest absolute Gasteiger partial charge is 0.363 e. The number of fused-ring (bicyclic) bond motifs is 1. The zero-order valence-electron chi connectivity index (χ0n) is 10.6. The maximum atomic E-state index is 12.0. The molecule has 1 aliphatic heterocycles.